The van der Waals surface area contributed by atoms with E-state index >= 15 is 0 Å². The lowest BCUT2D eigenvalue weighted by Gasteiger charge is -2.28. The van der Waals surface area contributed by atoms with Crippen LogP contribution in [0, 0.1) is 19.8 Å². The smallest absolute Gasteiger partial charge is 0.168 e. The molecule has 3 atom stereocenters. The summed E-state index contributed by atoms with van der Waals surface area (Å²) in [6.45, 7) is 7.60. The first kappa shape index (κ1) is 11.5. The first-order valence-corrected chi connectivity index (χ1v) is 6.71. The van der Waals surface area contributed by atoms with Gasteiger partial charge in [0.2, 0.25) is 0 Å². The summed E-state index contributed by atoms with van der Waals surface area (Å²) in [5, 5.41) is -0.0829. The third-order valence-corrected chi connectivity index (χ3v) is 5.48. The Morgan fingerprint density at radius 2 is 1.69 bits per heavy atom. The SMILES string of the molecule is Cc1ccc(C)c2c1C(=O)C(C)C(C)S2=O. The highest BCUT2D eigenvalue weighted by atomic mass is 32.2. The van der Waals surface area contributed by atoms with Crippen LogP contribution in [0.3, 0.4) is 0 Å². The lowest BCUT2D eigenvalue weighted by molar-refractivity contribution is 0.0921. The Labute approximate surface area is 98.5 Å². The normalized spacial score (nSPS) is 29.0. The number of Topliss-reactive ketones (excluding diaryl/α,β-unsaturated/α-hetero) is 1. The molecule has 1 aliphatic heterocycles. The summed E-state index contributed by atoms with van der Waals surface area (Å²) in [5.41, 5.74) is 2.60. The van der Waals surface area contributed by atoms with Crippen molar-refractivity contribution in [1.82, 2.24) is 0 Å². The summed E-state index contributed by atoms with van der Waals surface area (Å²) in [4.78, 5) is 13.0. The van der Waals surface area contributed by atoms with Gasteiger partial charge in [-0.05, 0) is 31.9 Å². The molecule has 0 aliphatic carbocycles. The predicted octanol–water partition coefficient (Wildman–Crippen LogP) is 2.63. The molecule has 1 aliphatic rings. The van der Waals surface area contributed by atoms with Crippen LogP contribution < -0.4 is 0 Å². The lowest BCUT2D eigenvalue weighted by atomic mass is 9.92. The number of hydrogen-bond donors (Lipinski definition) is 0. The average molecular weight is 236 g/mol. The van der Waals surface area contributed by atoms with Crippen LogP contribution in [0.4, 0.5) is 0 Å². The van der Waals surface area contributed by atoms with E-state index in [1.165, 1.54) is 0 Å². The molecule has 86 valence electrons. The van der Waals surface area contributed by atoms with E-state index in [1.54, 1.807) is 0 Å². The maximum Gasteiger partial charge on any atom is 0.168 e. The van der Waals surface area contributed by atoms with Gasteiger partial charge in [0.15, 0.2) is 5.78 Å². The summed E-state index contributed by atoms with van der Waals surface area (Å²) < 4.78 is 12.3. The van der Waals surface area contributed by atoms with Crippen LogP contribution in [0.5, 0.6) is 0 Å². The number of rotatable bonds is 0. The van der Waals surface area contributed by atoms with E-state index in [0.29, 0.717) is 5.56 Å². The molecule has 2 nitrogen and oxygen atoms in total. The molecule has 0 bridgehead atoms. The highest BCUT2D eigenvalue weighted by Crippen LogP contribution is 2.34. The van der Waals surface area contributed by atoms with E-state index < -0.39 is 10.8 Å². The van der Waals surface area contributed by atoms with Gasteiger partial charge in [0, 0.05) is 16.7 Å². The van der Waals surface area contributed by atoms with Crippen LogP contribution in [0.25, 0.3) is 0 Å². The predicted molar refractivity (Wildman–Crippen MR) is 65.3 cm³/mol. The molecule has 0 spiro atoms. The largest absolute Gasteiger partial charge is 0.294 e. The number of hydrogen-bond acceptors (Lipinski definition) is 2. The molecule has 16 heavy (non-hydrogen) atoms. The van der Waals surface area contributed by atoms with E-state index in [1.807, 2.05) is 39.8 Å². The van der Waals surface area contributed by atoms with Gasteiger partial charge in [-0.2, -0.15) is 0 Å². The highest BCUT2D eigenvalue weighted by molar-refractivity contribution is 7.86. The quantitative estimate of drug-likeness (QED) is 0.694. The molecule has 0 saturated carbocycles. The third-order valence-electron chi connectivity index (χ3n) is 3.47. The molecule has 0 radical (unpaired) electrons. The minimum absolute atomic E-state index is 0.0829. The average Bonchev–Trinajstić information content (AvgIpc) is 2.26. The van der Waals surface area contributed by atoms with Gasteiger partial charge in [-0.1, -0.05) is 19.1 Å². The van der Waals surface area contributed by atoms with Crippen molar-refractivity contribution in [3.05, 3.63) is 28.8 Å². The second-order valence-electron chi connectivity index (χ2n) is 4.56. The Hall–Kier alpha value is -0.960. The van der Waals surface area contributed by atoms with Gasteiger partial charge in [0.25, 0.3) is 0 Å². The van der Waals surface area contributed by atoms with Crippen molar-refractivity contribution in [3.63, 3.8) is 0 Å². The summed E-state index contributed by atoms with van der Waals surface area (Å²) in [6.07, 6.45) is 0. The molecule has 0 N–H and O–H groups in total. The maximum atomic E-state index is 12.3. The Kier molecular flexibility index (Phi) is 2.74. The van der Waals surface area contributed by atoms with E-state index in [4.69, 9.17) is 0 Å². The molecule has 0 fully saturated rings. The van der Waals surface area contributed by atoms with E-state index in [-0.39, 0.29) is 17.0 Å². The van der Waals surface area contributed by atoms with Crippen LogP contribution in [0.15, 0.2) is 17.0 Å². The maximum absolute atomic E-state index is 12.3. The van der Waals surface area contributed by atoms with Gasteiger partial charge < -0.3 is 0 Å². The molecule has 1 heterocycles. The Balaban J connectivity index is 2.77. The number of carbonyl (C=O) groups is 1. The number of ketones is 1. The number of aryl methyl sites for hydroxylation is 2. The second-order valence-corrected chi connectivity index (χ2v) is 6.31. The van der Waals surface area contributed by atoms with Crippen molar-refractivity contribution in [2.45, 2.75) is 37.8 Å². The van der Waals surface area contributed by atoms with Crippen LogP contribution in [-0.4, -0.2) is 15.2 Å². The molecular formula is C13H16O2S. The van der Waals surface area contributed by atoms with Gasteiger partial charge >= 0.3 is 0 Å². The van der Waals surface area contributed by atoms with Crippen molar-refractivity contribution in [1.29, 1.82) is 0 Å². The molecule has 0 aromatic heterocycles. The first-order valence-electron chi connectivity index (χ1n) is 5.50. The van der Waals surface area contributed by atoms with Gasteiger partial charge in [-0.3, -0.25) is 9.00 Å². The molecule has 0 amide bonds. The lowest BCUT2D eigenvalue weighted by Crippen LogP contribution is -2.34. The van der Waals surface area contributed by atoms with Crippen LogP contribution >= 0.6 is 0 Å². The van der Waals surface area contributed by atoms with Crippen molar-refractivity contribution in [3.8, 4) is 0 Å². The van der Waals surface area contributed by atoms with Gasteiger partial charge in [-0.15, -0.1) is 0 Å². The van der Waals surface area contributed by atoms with E-state index in [0.717, 1.165) is 16.0 Å². The minimum atomic E-state index is -1.05. The Bertz CT molecular complexity index is 446. The fraction of sp³-hybridized carbons (Fsp3) is 0.462. The van der Waals surface area contributed by atoms with Crippen molar-refractivity contribution in [2.24, 2.45) is 5.92 Å². The summed E-state index contributed by atoms with van der Waals surface area (Å²) in [5.74, 6) is -0.00265. The number of carbonyl (C=O) groups excluding carboxylic acids is 1. The fourth-order valence-electron chi connectivity index (χ4n) is 2.16. The Morgan fingerprint density at radius 1 is 1.12 bits per heavy atom. The molecule has 1 aromatic carbocycles. The summed E-state index contributed by atoms with van der Waals surface area (Å²) in [7, 11) is -1.05. The molecule has 1 aromatic rings. The monoisotopic (exact) mass is 236 g/mol. The van der Waals surface area contributed by atoms with Crippen LogP contribution in [0.1, 0.15) is 35.3 Å². The standard InChI is InChI=1S/C13H16O2S/c1-7-5-6-8(2)13-11(7)12(14)9(3)10(4)16(13)15/h5-6,9-10H,1-4H3. The van der Waals surface area contributed by atoms with Crippen LogP contribution in [0.2, 0.25) is 0 Å². The zero-order chi connectivity index (χ0) is 12.0. The number of fused-ring (bicyclic) bond motifs is 1. The summed E-state index contributed by atoms with van der Waals surface area (Å²) in [6, 6.07) is 3.88. The van der Waals surface area contributed by atoms with Crippen LogP contribution in [-0.2, 0) is 10.8 Å². The Morgan fingerprint density at radius 3 is 2.31 bits per heavy atom. The summed E-state index contributed by atoms with van der Waals surface area (Å²) >= 11 is 0. The van der Waals surface area contributed by atoms with Crippen molar-refractivity contribution >= 4 is 16.6 Å². The molecule has 3 heteroatoms. The van der Waals surface area contributed by atoms with Crippen molar-refractivity contribution in [2.75, 3.05) is 0 Å². The third kappa shape index (κ3) is 1.46. The highest BCUT2D eigenvalue weighted by Gasteiger charge is 2.36. The molecule has 0 saturated heterocycles. The van der Waals surface area contributed by atoms with Gasteiger partial charge in [-0.25, -0.2) is 0 Å². The van der Waals surface area contributed by atoms with E-state index in [9.17, 15) is 9.00 Å². The first-order chi connectivity index (χ1) is 7.45. The fourth-order valence-corrected chi connectivity index (χ4v) is 3.88. The minimum Gasteiger partial charge on any atom is -0.294 e. The zero-order valence-corrected chi connectivity index (χ0v) is 10.9. The van der Waals surface area contributed by atoms with E-state index in [2.05, 4.69) is 0 Å². The topological polar surface area (TPSA) is 34.1 Å². The van der Waals surface area contributed by atoms with Gasteiger partial charge in [0.05, 0.1) is 15.7 Å². The zero-order valence-electron chi connectivity index (χ0n) is 10.0. The molecule has 3 unspecified atom stereocenters. The van der Waals surface area contributed by atoms with Crippen molar-refractivity contribution < 1.29 is 9.00 Å². The number of benzene rings is 1. The molecule has 2 rings (SSSR count). The van der Waals surface area contributed by atoms with Gasteiger partial charge in [0.1, 0.15) is 0 Å². The molecular weight excluding hydrogens is 220 g/mol. The second kappa shape index (κ2) is 3.81.